The average Bonchev–Trinajstić information content (AvgIpc) is 2.14. The molecule has 0 saturated carbocycles. The van der Waals surface area contributed by atoms with Crippen molar-refractivity contribution in [1.82, 2.24) is 5.32 Å². The maximum atomic E-state index is 10.6. The summed E-state index contributed by atoms with van der Waals surface area (Å²) in [7, 11) is 1.46. The van der Waals surface area contributed by atoms with Crippen LogP contribution in [0.3, 0.4) is 0 Å². The topological polar surface area (TPSA) is 74.5 Å². The maximum Gasteiger partial charge on any atom is 0.433 e. The SMILES string of the molecule is CNC(=O)O/N=C/C(C)(C)CCC#N. The van der Waals surface area contributed by atoms with E-state index in [1.54, 1.807) is 0 Å². The molecular formula is C9H15N3O2. The van der Waals surface area contributed by atoms with Crippen LogP contribution >= 0.6 is 0 Å². The summed E-state index contributed by atoms with van der Waals surface area (Å²) in [5.74, 6) is 0. The molecule has 78 valence electrons. The van der Waals surface area contributed by atoms with Gasteiger partial charge >= 0.3 is 6.09 Å². The van der Waals surface area contributed by atoms with Crippen molar-refractivity contribution in [1.29, 1.82) is 5.26 Å². The molecule has 0 rings (SSSR count). The van der Waals surface area contributed by atoms with Gasteiger partial charge < -0.3 is 5.32 Å². The molecule has 1 N–H and O–H groups in total. The van der Waals surface area contributed by atoms with E-state index < -0.39 is 6.09 Å². The summed E-state index contributed by atoms with van der Waals surface area (Å²) < 4.78 is 0. The van der Waals surface area contributed by atoms with E-state index in [1.807, 2.05) is 13.8 Å². The van der Waals surface area contributed by atoms with E-state index in [2.05, 4.69) is 21.4 Å². The average molecular weight is 197 g/mol. The third-order valence-corrected chi connectivity index (χ3v) is 1.62. The number of nitrogens with zero attached hydrogens (tertiary/aromatic N) is 2. The Bertz CT molecular complexity index is 253. The molecule has 0 atom stereocenters. The molecule has 0 radical (unpaired) electrons. The van der Waals surface area contributed by atoms with Crippen molar-refractivity contribution in [2.24, 2.45) is 10.6 Å². The highest BCUT2D eigenvalue weighted by Crippen LogP contribution is 2.18. The Hall–Kier alpha value is -1.57. The normalized spacial score (nSPS) is 11.0. The van der Waals surface area contributed by atoms with Gasteiger partial charge in [-0.05, 0) is 6.42 Å². The number of nitriles is 1. The number of carbonyl (C=O) groups excluding carboxylic acids is 1. The molecule has 5 nitrogen and oxygen atoms in total. The Labute approximate surface area is 83.7 Å². The van der Waals surface area contributed by atoms with E-state index in [9.17, 15) is 4.79 Å². The zero-order chi connectivity index (χ0) is 11.0. The summed E-state index contributed by atoms with van der Waals surface area (Å²) >= 11 is 0. The number of oxime groups is 1. The van der Waals surface area contributed by atoms with Crippen molar-refractivity contribution in [3.8, 4) is 6.07 Å². The molecule has 0 aromatic rings. The summed E-state index contributed by atoms with van der Waals surface area (Å²) in [5.41, 5.74) is -0.232. The number of amides is 1. The molecule has 0 heterocycles. The van der Waals surface area contributed by atoms with Gasteiger partial charge in [0.2, 0.25) is 0 Å². The Morgan fingerprint density at radius 3 is 2.86 bits per heavy atom. The summed E-state index contributed by atoms with van der Waals surface area (Å²) in [5, 5.41) is 14.2. The second kappa shape index (κ2) is 5.97. The van der Waals surface area contributed by atoms with Gasteiger partial charge in [-0.25, -0.2) is 4.79 Å². The first-order valence-electron chi connectivity index (χ1n) is 4.32. The number of hydrogen-bond donors (Lipinski definition) is 1. The van der Waals surface area contributed by atoms with Gasteiger partial charge in [-0.15, -0.1) is 0 Å². The van der Waals surface area contributed by atoms with Crippen LogP contribution in [0.1, 0.15) is 26.7 Å². The third kappa shape index (κ3) is 6.00. The predicted octanol–water partition coefficient (Wildman–Crippen LogP) is 1.66. The highest BCUT2D eigenvalue weighted by Gasteiger charge is 2.14. The van der Waals surface area contributed by atoms with Gasteiger partial charge in [-0.2, -0.15) is 5.26 Å². The number of rotatable bonds is 4. The molecule has 0 aromatic heterocycles. The van der Waals surface area contributed by atoms with Crippen molar-refractivity contribution in [3.63, 3.8) is 0 Å². The second-order valence-electron chi connectivity index (χ2n) is 3.51. The third-order valence-electron chi connectivity index (χ3n) is 1.62. The minimum absolute atomic E-state index is 0.232. The maximum absolute atomic E-state index is 10.6. The molecule has 0 aromatic carbocycles. The predicted molar refractivity (Wildman–Crippen MR) is 52.7 cm³/mol. The van der Waals surface area contributed by atoms with E-state index in [0.29, 0.717) is 12.8 Å². The molecule has 0 unspecified atom stereocenters. The van der Waals surface area contributed by atoms with Crippen LogP contribution in [0.2, 0.25) is 0 Å². The lowest BCUT2D eigenvalue weighted by molar-refractivity contribution is 0.152. The molecule has 14 heavy (non-hydrogen) atoms. The van der Waals surface area contributed by atoms with Gasteiger partial charge in [0.05, 0.1) is 12.3 Å². The number of hydrogen-bond acceptors (Lipinski definition) is 4. The van der Waals surface area contributed by atoms with Gasteiger partial charge in [0.25, 0.3) is 0 Å². The summed E-state index contributed by atoms with van der Waals surface area (Å²) in [6.07, 6.45) is 2.07. The summed E-state index contributed by atoms with van der Waals surface area (Å²) in [6, 6.07) is 2.05. The van der Waals surface area contributed by atoms with E-state index in [0.717, 1.165) is 0 Å². The van der Waals surface area contributed by atoms with Crippen molar-refractivity contribution >= 4 is 12.3 Å². The van der Waals surface area contributed by atoms with Crippen LogP contribution in [-0.4, -0.2) is 19.4 Å². The highest BCUT2D eigenvalue weighted by atomic mass is 16.7. The summed E-state index contributed by atoms with van der Waals surface area (Å²) in [6.45, 7) is 3.84. The van der Waals surface area contributed by atoms with Crippen LogP contribution < -0.4 is 5.32 Å². The monoisotopic (exact) mass is 197 g/mol. The molecule has 0 bridgehead atoms. The fourth-order valence-corrected chi connectivity index (χ4v) is 0.705. The van der Waals surface area contributed by atoms with Crippen LogP contribution in [0.15, 0.2) is 5.16 Å². The van der Waals surface area contributed by atoms with Gasteiger partial charge in [0, 0.05) is 18.9 Å². The zero-order valence-electron chi connectivity index (χ0n) is 8.70. The van der Waals surface area contributed by atoms with Crippen LogP contribution in [0, 0.1) is 16.7 Å². The molecule has 0 aliphatic heterocycles. The van der Waals surface area contributed by atoms with Gasteiger partial charge in [0.15, 0.2) is 0 Å². The first-order valence-corrected chi connectivity index (χ1v) is 4.32. The molecule has 5 heteroatoms. The minimum atomic E-state index is -0.600. The standard InChI is InChI=1S/C9H15N3O2/c1-9(2,5-4-6-10)7-12-14-8(13)11-3/h7H,4-5H2,1-3H3,(H,11,13)/b12-7+. The quantitative estimate of drug-likeness (QED) is 0.423. The largest absolute Gasteiger partial charge is 0.433 e. The lowest BCUT2D eigenvalue weighted by Gasteiger charge is -2.15. The Morgan fingerprint density at radius 1 is 1.71 bits per heavy atom. The highest BCUT2D eigenvalue weighted by molar-refractivity contribution is 5.69. The molecule has 0 saturated heterocycles. The Morgan fingerprint density at radius 2 is 2.36 bits per heavy atom. The molecule has 0 fully saturated rings. The Kier molecular flexibility index (Phi) is 5.30. The van der Waals surface area contributed by atoms with Gasteiger partial charge in [-0.3, -0.25) is 4.84 Å². The molecule has 0 aliphatic rings. The Balaban J connectivity index is 3.95. The lowest BCUT2D eigenvalue weighted by atomic mass is 9.90. The van der Waals surface area contributed by atoms with E-state index in [1.165, 1.54) is 13.3 Å². The zero-order valence-corrected chi connectivity index (χ0v) is 8.70. The molecular weight excluding hydrogens is 182 g/mol. The fraction of sp³-hybridized carbons (Fsp3) is 0.667. The summed E-state index contributed by atoms with van der Waals surface area (Å²) in [4.78, 5) is 15.1. The first-order chi connectivity index (χ1) is 6.52. The number of carbonyl (C=O) groups is 1. The van der Waals surface area contributed by atoms with Crippen molar-refractivity contribution < 1.29 is 9.63 Å². The second-order valence-corrected chi connectivity index (χ2v) is 3.51. The van der Waals surface area contributed by atoms with Crippen LogP contribution in [0.4, 0.5) is 4.79 Å². The van der Waals surface area contributed by atoms with Crippen molar-refractivity contribution in [2.75, 3.05) is 7.05 Å². The molecule has 0 spiro atoms. The van der Waals surface area contributed by atoms with Crippen LogP contribution in [0.25, 0.3) is 0 Å². The van der Waals surface area contributed by atoms with E-state index >= 15 is 0 Å². The van der Waals surface area contributed by atoms with E-state index in [4.69, 9.17) is 5.26 Å². The lowest BCUT2D eigenvalue weighted by Crippen LogP contribution is -2.18. The van der Waals surface area contributed by atoms with Crippen LogP contribution in [0.5, 0.6) is 0 Å². The van der Waals surface area contributed by atoms with Gasteiger partial charge in [0.1, 0.15) is 0 Å². The van der Waals surface area contributed by atoms with Gasteiger partial charge in [-0.1, -0.05) is 19.0 Å². The molecule has 1 amide bonds. The molecule has 0 aliphatic carbocycles. The minimum Gasteiger partial charge on any atom is -0.323 e. The first kappa shape index (κ1) is 12.4. The van der Waals surface area contributed by atoms with Crippen molar-refractivity contribution in [3.05, 3.63) is 0 Å². The van der Waals surface area contributed by atoms with Crippen molar-refractivity contribution in [2.45, 2.75) is 26.7 Å². The fourth-order valence-electron chi connectivity index (χ4n) is 0.705. The number of nitrogens with one attached hydrogen (secondary N) is 1. The smallest absolute Gasteiger partial charge is 0.323 e. The van der Waals surface area contributed by atoms with Crippen LogP contribution in [-0.2, 0) is 4.84 Å². The van der Waals surface area contributed by atoms with E-state index in [-0.39, 0.29) is 5.41 Å².